The molecule has 1 heterocycles. The van der Waals surface area contributed by atoms with Crippen molar-refractivity contribution >= 4 is 17.0 Å². The molecule has 0 atom stereocenters. The molecular formula is C14H19NO3S. The molecule has 0 unspecified atom stereocenters. The van der Waals surface area contributed by atoms with Gasteiger partial charge >= 0.3 is 0 Å². The molecule has 0 bridgehead atoms. The standard InChI is InChI=1S/C14H19NO3S/c16-14(15-7-10-17-11-8-15)19-12-4-9-18-13-5-2-1-3-6-13/h1-3,5-6H,4,7-12H2. The minimum Gasteiger partial charge on any atom is -0.494 e. The first-order valence-corrected chi connectivity index (χ1v) is 7.52. The van der Waals surface area contributed by atoms with Crippen LogP contribution in [0.2, 0.25) is 0 Å². The largest absolute Gasteiger partial charge is 0.494 e. The van der Waals surface area contributed by atoms with E-state index in [-0.39, 0.29) is 5.24 Å². The van der Waals surface area contributed by atoms with E-state index in [0.29, 0.717) is 32.9 Å². The highest BCUT2D eigenvalue weighted by Gasteiger charge is 2.16. The highest BCUT2D eigenvalue weighted by atomic mass is 32.2. The van der Waals surface area contributed by atoms with Crippen LogP contribution >= 0.6 is 11.8 Å². The van der Waals surface area contributed by atoms with Crippen LogP contribution in [0.25, 0.3) is 0 Å². The minimum absolute atomic E-state index is 0.156. The Balaban J connectivity index is 1.55. The lowest BCUT2D eigenvalue weighted by Gasteiger charge is -2.26. The lowest BCUT2D eigenvalue weighted by Crippen LogP contribution is -2.38. The Bertz CT molecular complexity index is 380. The van der Waals surface area contributed by atoms with Crippen molar-refractivity contribution in [1.82, 2.24) is 4.90 Å². The quantitative estimate of drug-likeness (QED) is 0.778. The van der Waals surface area contributed by atoms with E-state index in [0.717, 1.165) is 17.9 Å². The van der Waals surface area contributed by atoms with Crippen molar-refractivity contribution in [3.05, 3.63) is 30.3 Å². The summed E-state index contributed by atoms with van der Waals surface area (Å²) in [6.45, 7) is 3.39. The van der Waals surface area contributed by atoms with E-state index in [9.17, 15) is 4.79 Å². The Kier molecular flexibility index (Phi) is 6.04. The van der Waals surface area contributed by atoms with Gasteiger partial charge in [0.05, 0.1) is 19.8 Å². The number of nitrogens with zero attached hydrogens (tertiary/aromatic N) is 1. The molecule has 1 aromatic rings. The van der Waals surface area contributed by atoms with Crippen LogP contribution in [0.3, 0.4) is 0 Å². The van der Waals surface area contributed by atoms with Gasteiger partial charge in [0.25, 0.3) is 5.24 Å². The fourth-order valence-electron chi connectivity index (χ4n) is 1.76. The molecule has 4 nitrogen and oxygen atoms in total. The highest BCUT2D eigenvalue weighted by molar-refractivity contribution is 8.13. The molecule has 19 heavy (non-hydrogen) atoms. The second-order valence-electron chi connectivity index (χ2n) is 4.23. The molecule has 1 amide bonds. The van der Waals surface area contributed by atoms with E-state index < -0.39 is 0 Å². The van der Waals surface area contributed by atoms with Gasteiger partial charge in [0, 0.05) is 18.8 Å². The molecule has 1 aliphatic heterocycles. The first kappa shape index (κ1) is 14.2. The summed E-state index contributed by atoms with van der Waals surface area (Å²) in [4.78, 5) is 13.7. The molecule has 0 spiro atoms. The minimum atomic E-state index is 0.156. The van der Waals surface area contributed by atoms with E-state index in [1.165, 1.54) is 11.8 Å². The summed E-state index contributed by atoms with van der Waals surface area (Å²) in [6, 6.07) is 9.74. The van der Waals surface area contributed by atoms with E-state index >= 15 is 0 Å². The number of amides is 1. The zero-order valence-electron chi connectivity index (χ0n) is 10.9. The molecule has 1 fully saturated rings. The number of carbonyl (C=O) groups excluding carboxylic acids is 1. The van der Waals surface area contributed by atoms with Crippen LogP contribution in [0.1, 0.15) is 6.42 Å². The number of hydrogen-bond donors (Lipinski definition) is 0. The molecule has 1 aliphatic rings. The molecule has 1 aromatic carbocycles. The summed E-state index contributed by atoms with van der Waals surface area (Å²) in [7, 11) is 0. The van der Waals surface area contributed by atoms with E-state index in [1.807, 2.05) is 35.2 Å². The lowest BCUT2D eigenvalue weighted by molar-refractivity contribution is 0.0593. The number of rotatable bonds is 5. The SMILES string of the molecule is O=C(SCCCOc1ccccc1)N1CCOCC1. The summed E-state index contributed by atoms with van der Waals surface area (Å²) >= 11 is 1.37. The van der Waals surface area contributed by atoms with Gasteiger partial charge in [-0.1, -0.05) is 30.0 Å². The Morgan fingerprint density at radius 1 is 1.26 bits per heavy atom. The van der Waals surface area contributed by atoms with Crippen LogP contribution in [-0.4, -0.2) is 48.8 Å². The molecule has 0 aromatic heterocycles. The van der Waals surface area contributed by atoms with Gasteiger partial charge in [-0.2, -0.15) is 0 Å². The van der Waals surface area contributed by atoms with Crippen molar-refractivity contribution in [2.45, 2.75) is 6.42 Å². The summed E-state index contributed by atoms with van der Waals surface area (Å²) in [5.41, 5.74) is 0. The first-order valence-electron chi connectivity index (χ1n) is 6.53. The molecule has 2 rings (SSSR count). The summed E-state index contributed by atoms with van der Waals surface area (Å²) < 4.78 is 10.8. The van der Waals surface area contributed by atoms with Crippen LogP contribution < -0.4 is 4.74 Å². The van der Waals surface area contributed by atoms with E-state index in [2.05, 4.69) is 0 Å². The number of thioether (sulfide) groups is 1. The van der Waals surface area contributed by atoms with Crippen molar-refractivity contribution in [1.29, 1.82) is 0 Å². The Hall–Kier alpha value is -1.20. The number of hydrogen-bond acceptors (Lipinski definition) is 4. The Morgan fingerprint density at radius 3 is 2.74 bits per heavy atom. The second kappa shape index (κ2) is 8.07. The third-order valence-corrected chi connectivity index (χ3v) is 3.79. The van der Waals surface area contributed by atoms with Crippen molar-refractivity contribution in [2.24, 2.45) is 0 Å². The van der Waals surface area contributed by atoms with Gasteiger partial charge in [0.1, 0.15) is 5.75 Å². The fraction of sp³-hybridized carbons (Fsp3) is 0.500. The second-order valence-corrected chi connectivity index (χ2v) is 5.28. The van der Waals surface area contributed by atoms with Gasteiger partial charge in [-0.15, -0.1) is 0 Å². The van der Waals surface area contributed by atoms with Crippen LogP contribution in [0.5, 0.6) is 5.75 Å². The number of morpholine rings is 1. The average Bonchev–Trinajstić information content (AvgIpc) is 2.49. The van der Waals surface area contributed by atoms with E-state index in [4.69, 9.17) is 9.47 Å². The third-order valence-electron chi connectivity index (χ3n) is 2.80. The van der Waals surface area contributed by atoms with Gasteiger partial charge in [-0.25, -0.2) is 0 Å². The Morgan fingerprint density at radius 2 is 2.00 bits per heavy atom. The average molecular weight is 281 g/mol. The maximum atomic E-state index is 11.8. The molecule has 5 heteroatoms. The lowest BCUT2D eigenvalue weighted by atomic mass is 10.3. The van der Waals surface area contributed by atoms with Gasteiger partial charge in [-0.05, 0) is 18.6 Å². The summed E-state index contributed by atoms with van der Waals surface area (Å²) in [5, 5.41) is 0.156. The van der Waals surface area contributed by atoms with Gasteiger partial charge < -0.3 is 14.4 Å². The van der Waals surface area contributed by atoms with Gasteiger partial charge in [-0.3, -0.25) is 4.79 Å². The van der Waals surface area contributed by atoms with Crippen molar-refractivity contribution in [2.75, 3.05) is 38.7 Å². The maximum Gasteiger partial charge on any atom is 0.281 e. The normalized spacial score (nSPS) is 15.3. The zero-order chi connectivity index (χ0) is 13.3. The molecule has 0 saturated carbocycles. The molecule has 0 radical (unpaired) electrons. The maximum absolute atomic E-state index is 11.8. The van der Waals surface area contributed by atoms with Crippen LogP contribution in [0, 0.1) is 0 Å². The highest BCUT2D eigenvalue weighted by Crippen LogP contribution is 2.13. The first-order chi connectivity index (χ1) is 9.36. The number of ether oxygens (including phenoxy) is 2. The number of benzene rings is 1. The molecule has 1 saturated heterocycles. The van der Waals surface area contributed by atoms with Gasteiger partial charge in [0.15, 0.2) is 0 Å². The van der Waals surface area contributed by atoms with Crippen LogP contribution in [0.4, 0.5) is 4.79 Å². The molecule has 104 valence electrons. The predicted molar refractivity (Wildman–Crippen MR) is 76.8 cm³/mol. The van der Waals surface area contributed by atoms with Gasteiger partial charge in [0.2, 0.25) is 0 Å². The fourth-order valence-corrected chi connectivity index (χ4v) is 2.56. The molecular weight excluding hydrogens is 262 g/mol. The van der Waals surface area contributed by atoms with Crippen molar-refractivity contribution in [3.63, 3.8) is 0 Å². The van der Waals surface area contributed by atoms with Crippen LogP contribution in [-0.2, 0) is 4.74 Å². The Labute approximate surface area is 118 Å². The number of para-hydroxylation sites is 1. The summed E-state index contributed by atoms with van der Waals surface area (Å²) in [6.07, 6.45) is 0.871. The van der Waals surface area contributed by atoms with Crippen molar-refractivity contribution in [3.8, 4) is 5.75 Å². The molecule has 0 aliphatic carbocycles. The smallest absolute Gasteiger partial charge is 0.281 e. The summed E-state index contributed by atoms with van der Waals surface area (Å²) in [5.74, 6) is 1.68. The monoisotopic (exact) mass is 281 g/mol. The number of carbonyl (C=O) groups is 1. The third kappa shape index (κ3) is 5.12. The molecule has 0 N–H and O–H groups in total. The van der Waals surface area contributed by atoms with Crippen molar-refractivity contribution < 1.29 is 14.3 Å². The predicted octanol–water partition coefficient (Wildman–Crippen LogP) is 2.64. The van der Waals surface area contributed by atoms with E-state index in [1.54, 1.807) is 0 Å². The van der Waals surface area contributed by atoms with Crippen LogP contribution in [0.15, 0.2) is 30.3 Å². The topological polar surface area (TPSA) is 38.8 Å². The zero-order valence-corrected chi connectivity index (χ0v) is 11.7.